The molecule has 3 aromatic rings. The van der Waals surface area contributed by atoms with Crippen LogP contribution < -0.4 is 10.6 Å². The zero-order chi connectivity index (χ0) is 21.3. The molecule has 30 heavy (non-hydrogen) atoms. The number of rotatable bonds is 4. The Morgan fingerprint density at radius 1 is 1.17 bits per heavy atom. The van der Waals surface area contributed by atoms with Gasteiger partial charge in [-0.1, -0.05) is 30.3 Å². The SMILES string of the molecule is C=C1Nc2ncnn2[C@H](c2ccc(C(=O)OC)cc2)[C@H]1C(=O)Nc1ccc(Cl)cc1. The van der Waals surface area contributed by atoms with E-state index >= 15 is 0 Å². The summed E-state index contributed by atoms with van der Waals surface area (Å²) in [4.78, 5) is 29.2. The van der Waals surface area contributed by atoms with Crippen molar-refractivity contribution in [2.24, 2.45) is 5.92 Å². The van der Waals surface area contributed by atoms with Crippen LogP contribution in [-0.2, 0) is 9.53 Å². The van der Waals surface area contributed by atoms with Crippen molar-refractivity contribution < 1.29 is 14.3 Å². The molecule has 2 heterocycles. The Kier molecular flexibility index (Phi) is 5.24. The first kappa shape index (κ1) is 19.7. The molecule has 2 atom stereocenters. The zero-order valence-corrected chi connectivity index (χ0v) is 16.8. The van der Waals surface area contributed by atoms with Gasteiger partial charge in [-0.2, -0.15) is 10.1 Å². The molecule has 0 aliphatic carbocycles. The number of hydrogen-bond donors (Lipinski definition) is 2. The maximum absolute atomic E-state index is 13.2. The molecule has 152 valence electrons. The van der Waals surface area contributed by atoms with Crippen LogP contribution in [-0.4, -0.2) is 33.8 Å². The summed E-state index contributed by atoms with van der Waals surface area (Å²) < 4.78 is 6.39. The molecule has 8 nitrogen and oxygen atoms in total. The lowest BCUT2D eigenvalue weighted by Gasteiger charge is -2.33. The van der Waals surface area contributed by atoms with Crippen molar-refractivity contribution in [1.29, 1.82) is 0 Å². The minimum atomic E-state index is -0.682. The van der Waals surface area contributed by atoms with Crippen LogP contribution in [0.2, 0.25) is 5.02 Å². The van der Waals surface area contributed by atoms with Gasteiger partial charge in [-0.3, -0.25) is 4.79 Å². The Bertz CT molecular complexity index is 1110. The van der Waals surface area contributed by atoms with Crippen LogP contribution in [0.4, 0.5) is 11.6 Å². The molecule has 4 rings (SSSR count). The molecule has 1 aliphatic rings. The molecule has 0 saturated heterocycles. The lowest BCUT2D eigenvalue weighted by Crippen LogP contribution is -2.39. The van der Waals surface area contributed by atoms with Gasteiger partial charge in [0.25, 0.3) is 0 Å². The molecule has 9 heteroatoms. The number of benzene rings is 2. The number of aromatic nitrogens is 3. The van der Waals surface area contributed by atoms with Gasteiger partial charge in [-0.25, -0.2) is 9.48 Å². The smallest absolute Gasteiger partial charge is 0.337 e. The largest absolute Gasteiger partial charge is 0.465 e. The minimum absolute atomic E-state index is 0.266. The van der Waals surface area contributed by atoms with E-state index in [0.29, 0.717) is 27.9 Å². The summed E-state index contributed by atoms with van der Waals surface area (Å²) in [6.45, 7) is 4.04. The third kappa shape index (κ3) is 3.65. The van der Waals surface area contributed by atoms with Crippen LogP contribution in [0.25, 0.3) is 0 Å². The molecular formula is C21H18ClN5O3. The Morgan fingerprint density at radius 3 is 2.53 bits per heavy atom. The Balaban J connectivity index is 1.70. The lowest BCUT2D eigenvalue weighted by molar-refractivity contribution is -0.119. The number of amides is 1. The Morgan fingerprint density at radius 2 is 1.87 bits per heavy atom. The van der Waals surface area contributed by atoms with Crippen molar-refractivity contribution in [2.45, 2.75) is 6.04 Å². The Hall–Kier alpha value is -3.65. The van der Waals surface area contributed by atoms with Crippen LogP contribution >= 0.6 is 11.6 Å². The summed E-state index contributed by atoms with van der Waals surface area (Å²) >= 11 is 5.92. The lowest BCUT2D eigenvalue weighted by atomic mass is 9.88. The van der Waals surface area contributed by atoms with Crippen molar-refractivity contribution in [3.63, 3.8) is 0 Å². The first-order valence-corrected chi connectivity index (χ1v) is 9.46. The van der Waals surface area contributed by atoms with E-state index in [1.165, 1.54) is 13.4 Å². The second-order valence-corrected chi connectivity index (χ2v) is 7.15. The van der Waals surface area contributed by atoms with E-state index in [0.717, 1.165) is 5.56 Å². The van der Waals surface area contributed by atoms with Crippen LogP contribution in [0.1, 0.15) is 22.0 Å². The average molecular weight is 424 g/mol. The third-order valence-electron chi connectivity index (χ3n) is 4.87. The molecule has 0 unspecified atom stereocenters. The fourth-order valence-corrected chi connectivity index (χ4v) is 3.54. The number of carbonyl (C=O) groups is 2. The molecule has 1 aliphatic heterocycles. The maximum Gasteiger partial charge on any atom is 0.337 e. The van der Waals surface area contributed by atoms with Crippen LogP contribution in [0.15, 0.2) is 67.1 Å². The number of ether oxygens (including phenoxy) is 1. The van der Waals surface area contributed by atoms with Crippen molar-refractivity contribution in [1.82, 2.24) is 14.8 Å². The third-order valence-corrected chi connectivity index (χ3v) is 5.12. The molecular weight excluding hydrogens is 406 g/mol. The van der Waals surface area contributed by atoms with Crippen LogP contribution in [0.5, 0.6) is 0 Å². The van der Waals surface area contributed by atoms with Crippen LogP contribution in [0, 0.1) is 5.92 Å². The van der Waals surface area contributed by atoms with E-state index in [1.807, 2.05) is 0 Å². The minimum Gasteiger partial charge on any atom is -0.465 e. The number of nitrogens with zero attached hydrogens (tertiary/aromatic N) is 3. The number of fused-ring (bicyclic) bond motifs is 1. The van der Waals surface area contributed by atoms with E-state index in [4.69, 9.17) is 16.3 Å². The van der Waals surface area contributed by atoms with Gasteiger partial charge in [-0.05, 0) is 42.0 Å². The molecule has 2 aromatic carbocycles. The standard InChI is InChI=1S/C21H18ClN5O3/c1-12-17(19(28)26-16-9-7-15(22)8-10-16)18(27-21(25-12)23-11-24-27)13-3-5-14(6-4-13)20(29)30-2/h3-11,17-18H,1H2,2H3,(H,26,28)(H,23,24,25)/t17-,18+/m0/s1. The molecule has 1 amide bonds. The zero-order valence-electron chi connectivity index (χ0n) is 16.0. The van der Waals surface area contributed by atoms with E-state index in [1.54, 1.807) is 53.2 Å². The van der Waals surface area contributed by atoms with Gasteiger partial charge in [0.15, 0.2) is 0 Å². The van der Waals surface area contributed by atoms with Gasteiger partial charge in [0.05, 0.1) is 18.7 Å². The van der Waals surface area contributed by atoms with Gasteiger partial charge in [0, 0.05) is 16.4 Å². The molecule has 0 fully saturated rings. The first-order chi connectivity index (χ1) is 14.5. The van der Waals surface area contributed by atoms with Crippen molar-refractivity contribution >= 4 is 35.1 Å². The second-order valence-electron chi connectivity index (χ2n) is 6.71. The monoisotopic (exact) mass is 423 g/mol. The summed E-state index contributed by atoms with van der Waals surface area (Å²) in [5.74, 6) is -0.899. The quantitative estimate of drug-likeness (QED) is 0.623. The van der Waals surface area contributed by atoms with Crippen LogP contribution in [0.3, 0.4) is 0 Å². The molecule has 0 radical (unpaired) electrons. The number of nitrogens with one attached hydrogen (secondary N) is 2. The predicted octanol–water partition coefficient (Wildman–Crippen LogP) is 3.50. The summed E-state index contributed by atoms with van der Waals surface area (Å²) in [6, 6.07) is 13.2. The van der Waals surface area contributed by atoms with Gasteiger partial charge in [0.1, 0.15) is 12.2 Å². The predicted molar refractivity (Wildman–Crippen MR) is 112 cm³/mol. The molecule has 2 N–H and O–H groups in total. The van der Waals surface area contributed by atoms with Gasteiger partial charge in [-0.15, -0.1) is 0 Å². The number of methoxy groups -OCH3 is 1. The highest BCUT2D eigenvalue weighted by atomic mass is 35.5. The molecule has 0 saturated carbocycles. The van der Waals surface area contributed by atoms with E-state index in [2.05, 4.69) is 27.3 Å². The topological polar surface area (TPSA) is 98.1 Å². The van der Waals surface area contributed by atoms with Crippen molar-refractivity contribution in [2.75, 3.05) is 17.7 Å². The highest BCUT2D eigenvalue weighted by Gasteiger charge is 2.39. The average Bonchev–Trinajstić information content (AvgIpc) is 3.22. The highest BCUT2D eigenvalue weighted by molar-refractivity contribution is 6.30. The summed E-state index contributed by atoms with van der Waals surface area (Å²) in [6.07, 6.45) is 1.41. The highest BCUT2D eigenvalue weighted by Crippen LogP contribution is 2.37. The molecule has 0 spiro atoms. The Labute approximate surface area is 177 Å². The summed E-state index contributed by atoms with van der Waals surface area (Å²) in [7, 11) is 1.33. The second kappa shape index (κ2) is 8.00. The van der Waals surface area contributed by atoms with E-state index in [9.17, 15) is 9.59 Å². The number of anilines is 2. The number of carbonyl (C=O) groups excluding carboxylic acids is 2. The molecule has 0 bridgehead atoms. The number of esters is 1. The summed E-state index contributed by atoms with van der Waals surface area (Å²) in [5.41, 5.74) is 2.29. The summed E-state index contributed by atoms with van der Waals surface area (Å²) in [5, 5.41) is 10.8. The fraction of sp³-hybridized carbons (Fsp3) is 0.143. The number of hydrogen-bond acceptors (Lipinski definition) is 6. The first-order valence-electron chi connectivity index (χ1n) is 9.08. The van der Waals surface area contributed by atoms with Gasteiger partial charge < -0.3 is 15.4 Å². The van der Waals surface area contributed by atoms with E-state index in [-0.39, 0.29) is 5.91 Å². The van der Waals surface area contributed by atoms with E-state index < -0.39 is 17.9 Å². The molecule has 1 aromatic heterocycles. The normalized spacial score (nSPS) is 17.6. The fourth-order valence-electron chi connectivity index (χ4n) is 3.42. The maximum atomic E-state index is 13.2. The van der Waals surface area contributed by atoms with Gasteiger partial charge in [0.2, 0.25) is 11.9 Å². The number of halogens is 1. The van der Waals surface area contributed by atoms with Crippen molar-refractivity contribution in [3.8, 4) is 0 Å². The van der Waals surface area contributed by atoms with Gasteiger partial charge >= 0.3 is 5.97 Å². The van der Waals surface area contributed by atoms with Crippen molar-refractivity contribution in [3.05, 3.63) is 83.3 Å².